The largest absolute Gasteiger partial charge is 0.480 e. The fraction of sp³-hybridized carbons (Fsp3) is 0.467. The van der Waals surface area contributed by atoms with Gasteiger partial charge in [-0.05, 0) is 23.6 Å². The Bertz CT molecular complexity index is 527. The molecule has 0 spiro atoms. The second-order valence-corrected chi connectivity index (χ2v) is 5.60. The Kier molecular flexibility index (Phi) is 4.47. The Morgan fingerprint density at radius 3 is 2.43 bits per heavy atom. The summed E-state index contributed by atoms with van der Waals surface area (Å²) in [7, 11) is 0. The summed E-state index contributed by atoms with van der Waals surface area (Å²) in [4.78, 5) is 24.4. The van der Waals surface area contributed by atoms with Gasteiger partial charge in [0.05, 0.1) is 6.10 Å². The van der Waals surface area contributed by atoms with Crippen molar-refractivity contribution in [3.05, 3.63) is 29.8 Å². The second kappa shape index (κ2) is 6.13. The molecule has 0 radical (unpaired) electrons. The molecule has 1 aliphatic rings. The lowest BCUT2D eigenvalue weighted by molar-refractivity contribution is -0.141. The summed E-state index contributed by atoms with van der Waals surface area (Å²) in [5.74, 6) is -0.697. The average molecular weight is 292 g/mol. The first-order chi connectivity index (χ1) is 9.88. The SMILES string of the molecule is CC(C)c1ccc(NC(=O)N2C[C@@H](O)C[C@H]2C(=O)O)cc1. The number of aliphatic hydroxyl groups is 1. The minimum Gasteiger partial charge on any atom is -0.480 e. The number of amides is 2. The van der Waals surface area contributed by atoms with Crippen molar-refractivity contribution in [3.63, 3.8) is 0 Å². The van der Waals surface area contributed by atoms with E-state index in [1.54, 1.807) is 12.1 Å². The number of aliphatic hydroxyl groups excluding tert-OH is 1. The standard InChI is InChI=1S/C15H20N2O4/c1-9(2)10-3-5-11(6-4-10)16-15(21)17-8-12(18)7-13(17)14(19)20/h3-6,9,12-13,18H,7-8H2,1-2H3,(H,16,21)(H,19,20)/t12-,13-/m0/s1. The lowest BCUT2D eigenvalue weighted by Crippen LogP contribution is -2.43. The molecule has 0 unspecified atom stereocenters. The molecule has 6 heteroatoms. The average Bonchev–Trinajstić information content (AvgIpc) is 2.82. The predicted octanol–water partition coefficient (Wildman–Crippen LogP) is 1.86. The van der Waals surface area contributed by atoms with Crippen LogP contribution in [-0.2, 0) is 4.79 Å². The van der Waals surface area contributed by atoms with Gasteiger partial charge in [0.1, 0.15) is 6.04 Å². The van der Waals surface area contributed by atoms with Crippen molar-refractivity contribution in [3.8, 4) is 0 Å². The Morgan fingerprint density at radius 1 is 1.29 bits per heavy atom. The number of carbonyl (C=O) groups is 2. The highest BCUT2D eigenvalue weighted by Crippen LogP contribution is 2.21. The summed E-state index contributed by atoms with van der Waals surface area (Å²) >= 11 is 0. The minimum absolute atomic E-state index is 0.0346. The van der Waals surface area contributed by atoms with Crippen molar-refractivity contribution < 1.29 is 19.8 Å². The van der Waals surface area contributed by atoms with E-state index in [-0.39, 0.29) is 13.0 Å². The lowest BCUT2D eigenvalue weighted by Gasteiger charge is -2.21. The molecule has 2 rings (SSSR count). The molecule has 3 N–H and O–H groups in total. The Hall–Kier alpha value is -2.08. The topological polar surface area (TPSA) is 89.9 Å². The molecular formula is C15H20N2O4. The number of anilines is 1. The zero-order valence-electron chi connectivity index (χ0n) is 12.1. The molecule has 0 bridgehead atoms. The molecule has 1 heterocycles. The van der Waals surface area contributed by atoms with Crippen molar-refractivity contribution in [2.45, 2.75) is 38.3 Å². The monoisotopic (exact) mass is 292 g/mol. The van der Waals surface area contributed by atoms with E-state index in [0.717, 1.165) is 10.5 Å². The van der Waals surface area contributed by atoms with Gasteiger partial charge in [0.2, 0.25) is 0 Å². The van der Waals surface area contributed by atoms with Gasteiger partial charge in [0, 0.05) is 18.7 Å². The molecular weight excluding hydrogens is 272 g/mol. The van der Waals surface area contributed by atoms with Crippen molar-refractivity contribution in [1.82, 2.24) is 4.90 Å². The van der Waals surface area contributed by atoms with Crippen molar-refractivity contribution in [2.24, 2.45) is 0 Å². The maximum absolute atomic E-state index is 12.1. The van der Waals surface area contributed by atoms with Crippen LogP contribution < -0.4 is 5.32 Å². The molecule has 6 nitrogen and oxygen atoms in total. The third-order valence-electron chi connectivity index (χ3n) is 3.65. The first-order valence-electron chi connectivity index (χ1n) is 6.97. The predicted molar refractivity (Wildman–Crippen MR) is 78.3 cm³/mol. The summed E-state index contributed by atoms with van der Waals surface area (Å²) in [6.45, 7) is 4.19. The maximum atomic E-state index is 12.1. The Morgan fingerprint density at radius 2 is 1.90 bits per heavy atom. The number of benzene rings is 1. The van der Waals surface area contributed by atoms with E-state index in [4.69, 9.17) is 5.11 Å². The Balaban J connectivity index is 2.05. The molecule has 21 heavy (non-hydrogen) atoms. The molecule has 2 atom stereocenters. The maximum Gasteiger partial charge on any atom is 0.326 e. The Labute approximate surface area is 123 Å². The zero-order valence-corrected chi connectivity index (χ0v) is 12.1. The molecule has 0 saturated carbocycles. The molecule has 1 aromatic rings. The van der Waals surface area contributed by atoms with Gasteiger partial charge < -0.3 is 20.4 Å². The normalized spacial score (nSPS) is 21.6. The van der Waals surface area contributed by atoms with Gasteiger partial charge in [-0.1, -0.05) is 26.0 Å². The number of nitrogens with zero attached hydrogens (tertiary/aromatic N) is 1. The van der Waals surface area contributed by atoms with Gasteiger partial charge in [-0.15, -0.1) is 0 Å². The lowest BCUT2D eigenvalue weighted by atomic mass is 10.0. The molecule has 114 valence electrons. The molecule has 1 fully saturated rings. The number of carboxylic acid groups (broad SMARTS) is 1. The third-order valence-corrected chi connectivity index (χ3v) is 3.65. The first-order valence-corrected chi connectivity index (χ1v) is 6.97. The number of urea groups is 1. The number of carbonyl (C=O) groups excluding carboxylic acids is 1. The number of carboxylic acids is 1. The summed E-state index contributed by atoms with van der Waals surface area (Å²) in [5.41, 5.74) is 1.77. The van der Waals surface area contributed by atoms with E-state index >= 15 is 0 Å². The summed E-state index contributed by atoms with van der Waals surface area (Å²) in [5, 5.41) is 21.3. The van der Waals surface area contributed by atoms with E-state index in [2.05, 4.69) is 19.2 Å². The van der Waals surface area contributed by atoms with Crippen molar-refractivity contribution in [1.29, 1.82) is 0 Å². The van der Waals surface area contributed by atoms with E-state index in [9.17, 15) is 14.7 Å². The van der Waals surface area contributed by atoms with E-state index in [0.29, 0.717) is 11.6 Å². The van der Waals surface area contributed by atoms with Crippen LogP contribution >= 0.6 is 0 Å². The van der Waals surface area contributed by atoms with E-state index in [1.807, 2.05) is 12.1 Å². The number of nitrogens with one attached hydrogen (secondary N) is 1. The van der Waals surface area contributed by atoms with Crippen LogP contribution in [0.2, 0.25) is 0 Å². The summed E-state index contributed by atoms with van der Waals surface area (Å²) in [6.07, 6.45) is -0.727. The highest BCUT2D eigenvalue weighted by Gasteiger charge is 2.38. The fourth-order valence-corrected chi connectivity index (χ4v) is 2.42. The molecule has 0 aliphatic carbocycles. The number of β-amino-alcohol motifs (C(OH)–C–C–N with tert-alkyl or cyclic N) is 1. The number of likely N-dealkylation sites (tertiary alicyclic amines) is 1. The van der Waals surface area contributed by atoms with Crippen LogP contribution in [0, 0.1) is 0 Å². The summed E-state index contributed by atoms with van der Waals surface area (Å²) < 4.78 is 0. The second-order valence-electron chi connectivity index (χ2n) is 5.60. The van der Waals surface area contributed by atoms with Gasteiger partial charge in [-0.3, -0.25) is 0 Å². The quantitative estimate of drug-likeness (QED) is 0.793. The molecule has 1 aliphatic heterocycles. The third kappa shape index (κ3) is 3.52. The van der Waals surface area contributed by atoms with Crippen molar-refractivity contribution in [2.75, 3.05) is 11.9 Å². The number of aliphatic carboxylic acids is 1. The highest BCUT2D eigenvalue weighted by molar-refractivity contribution is 5.92. The number of hydrogen-bond acceptors (Lipinski definition) is 3. The van der Waals surface area contributed by atoms with Gasteiger partial charge in [-0.2, -0.15) is 0 Å². The zero-order chi connectivity index (χ0) is 15.6. The molecule has 2 amide bonds. The van der Waals surface area contributed by atoms with Gasteiger partial charge >= 0.3 is 12.0 Å². The van der Waals surface area contributed by atoms with Crippen molar-refractivity contribution >= 4 is 17.7 Å². The van der Waals surface area contributed by atoms with E-state index < -0.39 is 24.1 Å². The van der Waals surface area contributed by atoms with Gasteiger partial charge in [-0.25, -0.2) is 9.59 Å². The molecule has 1 saturated heterocycles. The number of rotatable bonds is 3. The molecule has 0 aromatic heterocycles. The molecule has 1 aromatic carbocycles. The van der Waals surface area contributed by atoms with Gasteiger partial charge in [0.15, 0.2) is 0 Å². The van der Waals surface area contributed by atoms with Crippen LogP contribution in [0.25, 0.3) is 0 Å². The van der Waals surface area contributed by atoms with Crippen LogP contribution in [0.5, 0.6) is 0 Å². The van der Waals surface area contributed by atoms with E-state index in [1.165, 1.54) is 0 Å². The highest BCUT2D eigenvalue weighted by atomic mass is 16.4. The fourth-order valence-electron chi connectivity index (χ4n) is 2.42. The van der Waals surface area contributed by atoms with Crippen LogP contribution in [-0.4, -0.2) is 45.8 Å². The van der Waals surface area contributed by atoms with Gasteiger partial charge in [0.25, 0.3) is 0 Å². The summed E-state index contributed by atoms with van der Waals surface area (Å²) in [6, 6.07) is 5.94. The first kappa shape index (κ1) is 15.3. The van der Waals surface area contributed by atoms with Crippen LogP contribution in [0.3, 0.4) is 0 Å². The van der Waals surface area contributed by atoms with Crippen LogP contribution in [0.1, 0.15) is 31.7 Å². The van der Waals surface area contributed by atoms with Crippen LogP contribution in [0.4, 0.5) is 10.5 Å². The van der Waals surface area contributed by atoms with Crippen LogP contribution in [0.15, 0.2) is 24.3 Å². The minimum atomic E-state index is -1.10. The smallest absolute Gasteiger partial charge is 0.326 e. The number of hydrogen-bond donors (Lipinski definition) is 3.